The lowest BCUT2D eigenvalue weighted by Crippen LogP contribution is -2.00. The van der Waals surface area contributed by atoms with Gasteiger partial charge in [-0.25, -0.2) is 49.1 Å². The normalized spacial score (nSPS) is 11.8. The van der Waals surface area contributed by atoms with Gasteiger partial charge in [-0.3, -0.25) is 0 Å². The molecule has 21 rings (SSSR count). The number of aryl methyl sites for hydroxylation is 4. The number of hydrogen-bond donors (Lipinski definition) is 2. The molecule has 2 aliphatic heterocycles. The number of nitrogens with one attached hydrogen (secondary N) is 2. The highest BCUT2D eigenvalue weighted by atomic mass is 16.5. The topological polar surface area (TPSA) is 267 Å². The highest BCUT2D eigenvalue weighted by Crippen LogP contribution is 2.46. The van der Waals surface area contributed by atoms with Crippen LogP contribution < -0.4 is 41.4 Å². The van der Waals surface area contributed by atoms with Crippen LogP contribution in [-0.4, -0.2) is 68.3 Å². The molecule has 0 radical (unpaired) electrons. The van der Waals surface area contributed by atoms with Gasteiger partial charge in [0.2, 0.25) is 0 Å². The first-order valence-corrected chi connectivity index (χ1v) is 38.8. The van der Waals surface area contributed by atoms with Crippen molar-refractivity contribution in [1.29, 1.82) is 0 Å². The second-order valence-corrected chi connectivity index (χ2v) is 29.9. The fraction of sp³-hybridized carbons (Fsp3) is 0.0800. The van der Waals surface area contributed by atoms with Crippen molar-refractivity contribution in [3.63, 3.8) is 0 Å². The first-order valence-electron chi connectivity index (χ1n) is 38.8. The maximum Gasteiger partial charge on any atom is 0.336 e. The van der Waals surface area contributed by atoms with Crippen LogP contribution in [0.25, 0.3) is 223 Å². The summed E-state index contributed by atoms with van der Waals surface area (Å²) in [5.41, 5.74) is 19.6. The zero-order chi connectivity index (χ0) is 81.6. The van der Waals surface area contributed by atoms with Gasteiger partial charge in [-0.2, -0.15) is 0 Å². The molecule has 0 saturated carbocycles. The number of fused-ring (bicyclic) bond motifs is 24. The molecule has 2 aliphatic rings. The smallest absolute Gasteiger partial charge is 0.336 e. The van der Waals surface area contributed by atoms with Gasteiger partial charge in [0.05, 0.1) is 28.4 Å². The van der Waals surface area contributed by atoms with Crippen LogP contribution in [0.5, 0.6) is 23.0 Å². The van der Waals surface area contributed by atoms with E-state index in [1.165, 1.54) is 24.3 Å². The molecule has 12 aromatic carbocycles. The van der Waals surface area contributed by atoms with E-state index in [1.807, 2.05) is 234 Å². The number of nitrogens with zero attached hydrogens (tertiary/aromatic N) is 6. The summed E-state index contributed by atoms with van der Waals surface area (Å²) in [6.07, 6.45) is 0. The fourth-order valence-corrected chi connectivity index (χ4v) is 17.2. The number of aromatic nitrogens is 8. The molecule has 19 aromatic rings. The largest absolute Gasteiger partial charge is 0.497 e. The maximum atomic E-state index is 13.6. The van der Waals surface area contributed by atoms with Crippen LogP contribution in [0.2, 0.25) is 0 Å². The predicted molar refractivity (Wildman–Crippen MR) is 469 cm³/mol. The van der Waals surface area contributed by atoms with Gasteiger partial charge in [0, 0.05) is 112 Å². The summed E-state index contributed by atoms with van der Waals surface area (Å²) in [6, 6.07) is 76.7. The van der Waals surface area contributed by atoms with Crippen LogP contribution in [0.1, 0.15) is 22.3 Å². The van der Waals surface area contributed by atoms with Crippen molar-refractivity contribution in [2.75, 3.05) is 28.4 Å². The van der Waals surface area contributed by atoms with Gasteiger partial charge in [-0.15, -0.1) is 0 Å². The van der Waals surface area contributed by atoms with E-state index in [0.717, 1.165) is 133 Å². The summed E-state index contributed by atoms with van der Waals surface area (Å²) in [5.74, 6) is 4.07. The second kappa shape index (κ2) is 27.9. The monoisotopic (exact) mass is 1570 g/mol. The Labute approximate surface area is 681 Å². The average Bonchev–Trinajstić information content (AvgIpc) is 1.64. The number of aromatic amines is 2. The summed E-state index contributed by atoms with van der Waals surface area (Å²) >= 11 is 0. The predicted octanol–water partition coefficient (Wildman–Crippen LogP) is 21.9. The summed E-state index contributed by atoms with van der Waals surface area (Å²) < 4.78 is 46.4. The van der Waals surface area contributed by atoms with E-state index >= 15 is 0 Å². The average molecular weight is 1570 g/mol. The molecule has 120 heavy (non-hydrogen) atoms. The molecule has 0 spiro atoms. The summed E-state index contributed by atoms with van der Waals surface area (Å²) in [4.78, 5) is 94.9. The number of H-pyrrole nitrogens is 2. The van der Waals surface area contributed by atoms with E-state index in [0.29, 0.717) is 135 Å². The van der Waals surface area contributed by atoms with E-state index < -0.39 is 22.5 Å². The minimum atomic E-state index is -0.494. The highest BCUT2D eigenvalue weighted by molar-refractivity contribution is 6.11. The van der Waals surface area contributed by atoms with E-state index in [-0.39, 0.29) is 0 Å². The van der Waals surface area contributed by atoms with Crippen molar-refractivity contribution in [2.45, 2.75) is 27.7 Å². The Morgan fingerprint density at radius 3 is 0.717 bits per heavy atom. The number of methoxy groups -OCH3 is 4. The first kappa shape index (κ1) is 71.8. The zero-order valence-corrected chi connectivity index (χ0v) is 65.7. The molecule has 0 fully saturated rings. The molecule has 578 valence electrons. The van der Waals surface area contributed by atoms with Gasteiger partial charge in [0.1, 0.15) is 67.9 Å². The Balaban J connectivity index is 0.802. The maximum absolute atomic E-state index is 13.6. The molecule has 0 unspecified atom stereocenters. The molecule has 20 nitrogen and oxygen atoms in total. The Morgan fingerprint density at radius 2 is 0.442 bits per heavy atom. The van der Waals surface area contributed by atoms with E-state index in [1.54, 1.807) is 28.4 Å². The first-order chi connectivity index (χ1) is 58.5. The van der Waals surface area contributed by atoms with Gasteiger partial charge in [0.15, 0.2) is 23.3 Å². The van der Waals surface area contributed by atoms with Gasteiger partial charge < -0.3 is 46.6 Å². The fourth-order valence-electron chi connectivity index (χ4n) is 17.2. The third-order valence-electron chi connectivity index (χ3n) is 23.3. The summed E-state index contributed by atoms with van der Waals surface area (Å²) in [5, 5.41) is 5.78. The Bertz CT molecular complexity index is 7630. The lowest BCUT2D eigenvalue weighted by molar-refractivity contribution is 0.415. The molecule has 9 heterocycles. The Kier molecular flexibility index (Phi) is 16.7. The van der Waals surface area contributed by atoms with E-state index in [4.69, 9.17) is 66.5 Å². The lowest BCUT2D eigenvalue weighted by Gasteiger charge is -2.13. The van der Waals surface area contributed by atoms with Crippen molar-refractivity contribution in [1.82, 2.24) is 39.9 Å². The van der Waals surface area contributed by atoms with Crippen LogP contribution in [0.15, 0.2) is 280 Å². The molecular formula is C100H66N8O12. The van der Waals surface area contributed by atoms with Gasteiger partial charge >= 0.3 is 22.5 Å². The standard InChI is InChI=1S/C100H66N8O12/c1-49-65(33-37-69-77(45-85(109)117-89(49)69)53-9-21-61(113-5)22-10-53)57-17-29-73-81(41-57)97-101-93(73)106-98-83-43-59(67-35-39-71-79(47-87(111)119-91(71)51(67)3)55-13-25-63(115-7)26-14-55)19-31-75(83)95(103-98)108-100-84-44-60(68-36-40-72-80(48-88(112)120-92(72)52(68)4)56-15-27-64(116-8)28-16-56)20-32-76(84)96(104-100)107-99-82-42-58(18-30-74(82)94(102-99)105-97)66-34-38-70-78(46-86(110)118-90(70)50(66)2)54-11-23-62(114-6)24-12-54/h9-48H,1-8H3,(H2,101,102,103,104,105,106,107,108). The van der Waals surface area contributed by atoms with E-state index in [9.17, 15) is 19.2 Å². The summed E-state index contributed by atoms with van der Waals surface area (Å²) in [7, 11) is 6.46. The zero-order valence-electron chi connectivity index (χ0n) is 65.7. The number of benzene rings is 12. The van der Waals surface area contributed by atoms with Crippen molar-refractivity contribution in [3.05, 3.63) is 307 Å². The second-order valence-electron chi connectivity index (χ2n) is 29.9. The third-order valence-corrected chi connectivity index (χ3v) is 23.3. The molecule has 8 bridgehead atoms. The quantitative estimate of drug-likeness (QED) is 0.108. The molecular weight excluding hydrogens is 1510 g/mol. The number of rotatable bonds is 12. The molecule has 0 amide bonds. The highest BCUT2D eigenvalue weighted by Gasteiger charge is 2.28. The minimum Gasteiger partial charge on any atom is -0.497 e. The molecule has 20 heteroatoms. The van der Waals surface area contributed by atoms with Crippen LogP contribution in [0, 0.1) is 27.7 Å². The lowest BCUT2D eigenvalue weighted by atomic mass is 9.93. The van der Waals surface area contributed by atoms with Crippen LogP contribution in [0.3, 0.4) is 0 Å². The number of hydrogen-bond acceptors (Lipinski definition) is 18. The molecule has 7 aromatic heterocycles. The van der Waals surface area contributed by atoms with Crippen molar-refractivity contribution in [2.24, 2.45) is 0 Å². The van der Waals surface area contributed by atoms with Crippen molar-refractivity contribution in [3.8, 4) is 158 Å². The SMILES string of the molecule is COc1ccc(-c2cc(=O)oc3c(C)c(-c4ccc5c(c4)-c4nc-5nc5[nH]c(nc6nc(nc7[nH]c(n4)c4ccc(-c8ccc9c(-c%10ccc(OC)cc%10)cc(=O)oc9c8C)cc74)-c4ccc(-c7ccc8c(-c9ccc(OC)cc9)cc(=O)oc8c7C)cc4-6)c4ccc(-c6ccc7c(-c8ccc(OC)cc8)cc(=O)oc7c6C)cc54)ccc23)cc1. The van der Waals surface area contributed by atoms with Crippen LogP contribution in [-0.2, 0) is 0 Å². The Hall–Kier alpha value is -16.0. The number of ether oxygens (including phenoxy) is 4. The van der Waals surface area contributed by atoms with Gasteiger partial charge in [-0.1, -0.05) is 97.1 Å². The van der Waals surface area contributed by atoms with Crippen LogP contribution in [0.4, 0.5) is 0 Å². The van der Waals surface area contributed by atoms with Gasteiger partial charge in [-0.05, 0) is 238 Å². The van der Waals surface area contributed by atoms with Crippen LogP contribution >= 0.6 is 0 Å². The molecule has 0 atom stereocenters. The minimum absolute atomic E-state index is 0.326. The molecule has 2 N–H and O–H groups in total. The van der Waals surface area contributed by atoms with Crippen molar-refractivity contribution >= 4 is 88.0 Å². The Morgan fingerprint density at radius 1 is 0.217 bits per heavy atom. The van der Waals surface area contributed by atoms with E-state index in [2.05, 4.69) is 22.1 Å². The van der Waals surface area contributed by atoms with Gasteiger partial charge in [0.25, 0.3) is 0 Å². The third kappa shape index (κ3) is 11.9. The molecule has 0 saturated heterocycles. The summed E-state index contributed by atoms with van der Waals surface area (Å²) in [6.45, 7) is 7.80. The van der Waals surface area contributed by atoms with Crippen molar-refractivity contribution < 1.29 is 36.6 Å². The molecule has 0 aliphatic carbocycles.